The first kappa shape index (κ1) is 20.0. The van der Waals surface area contributed by atoms with Crippen LogP contribution >= 0.6 is 0 Å². The lowest BCUT2D eigenvalue weighted by atomic mass is 9.91. The molecule has 1 aromatic rings. The number of piperidine rings is 1. The number of anilines is 1. The van der Waals surface area contributed by atoms with Crippen LogP contribution in [-0.4, -0.2) is 95.9 Å². The molecule has 2 aliphatic rings. The Bertz CT molecular complexity index is 663. The van der Waals surface area contributed by atoms with E-state index in [1.165, 1.54) is 0 Å². The molecule has 1 amide bonds. The summed E-state index contributed by atoms with van der Waals surface area (Å²) in [6.07, 6.45) is 3.14. The van der Waals surface area contributed by atoms with Gasteiger partial charge in [-0.1, -0.05) is 0 Å². The van der Waals surface area contributed by atoms with Crippen LogP contribution in [-0.2, 0) is 9.53 Å². The molecule has 3 rings (SSSR count). The number of amides is 1. The van der Waals surface area contributed by atoms with E-state index in [1.54, 1.807) is 18.2 Å². The fraction of sp³-hybridized carbons (Fsp3) is 0.737. The van der Waals surface area contributed by atoms with Gasteiger partial charge in [-0.3, -0.25) is 14.7 Å². The molecule has 1 unspecified atom stereocenters. The number of rotatable bonds is 6. The van der Waals surface area contributed by atoms with E-state index < -0.39 is 5.60 Å². The predicted molar refractivity (Wildman–Crippen MR) is 103 cm³/mol. The molecule has 0 radical (unpaired) electrons. The van der Waals surface area contributed by atoms with Gasteiger partial charge in [0, 0.05) is 59.1 Å². The number of carbonyl (C=O) groups is 1. The smallest absolute Gasteiger partial charge is 0.255 e. The summed E-state index contributed by atoms with van der Waals surface area (Å²) in [5.74, 6) is 0.779. The molecule has 2 fully saturated rings. The number of likely N-dealkylation sites (tertiary alicyclic amines) is 1. The summed E-state index contributed by atoms with van der Waals surface area (Å²) in [6, 6.07) is 0. The van der Waals surface area contributed by atoms with E-state index in [4.69, 9.17) is 4.74 Å². The maximum atomic E-state index is 12.8. The van der Waals surface area contributed by atoms with Crippen LogP contribution in [0.1, 0.15) is 24.2 Å². The number of β-amino-alcohol motifs (C(OH)–C–C–N with tert-alkyl or cyclic N) is 1. The summed E-state index contributed by atoms with van der Waals surface area (Å²) in [5.41, 5.74) is 0.563. The molecule has 1 aromatic heterocycles. The van der Waals surface area contributed by atoms with E-state index in [0.29, 0.717) is 32.7 Å². The average molecular weight is 377 g/mol. The molecule has 0 bridgehead atoms. The van der Waals surface area contributed by atoms with E-state index in [-0.39, 0.29) is 5.91 Å². The van der Waals surface area contributed by atoms with Gasteiger partial charge in [-0.15, -0.1) is 0 Å². The minimum atomic E-state index is -1.28. The molecule has 2 saturated heterocycles. The first-order valence-corrected chi connectivity index (χ1v) is 9.71. The molecule has 150 valence electrons. The highest BCUT2D eigenvalue weighted by molar-refractivity contribution is 5.86. The zero-order valence-electron chi connectivity index (χ0n) is 16.6. The van der Waals surface area contributed by atoms with E-state index in [1.807, 2.05) is 13.8 Å². The van der Waals surface area contributed by atoms with Crippen LogP contribution in [0.2, 0.25) is 0 Å². The molecule has 8 nitrogen and oxygen atoms in total. The van der Waals surface area contributed by atoms with Gasteiger partial charge in [-0.2, -0.15) is 0 Å². The second kappa shape index (κ2) is 8.50. The van der Waals surface area contributed by atoms with Crippen molar-refractivity contribution in [3.63, 3.8) is 0 Å². The number of hydrogen-bond donors (Lipinski definition) is 1. The number of aryl methyl sites for hydroxylation is 2. The molecule has 3 heterocycles. The Kier molecular flexibility index (Phi) is 6.29. The number of ether oxygens (including phenoxy) is 1. The first-order chi connectivity index (χ1) is 12.9. The maximum absolute atomic E-state index is 12.8. The largest absolute Gasteiger partial charge is 0.383 e. The van der Waals surface area contributed by atoms with Crippen molar-refractivity contribution in [1.82, 2.24) is 19.8 Å². The molecule has 1 atom stereocenters. The third-order valence-corrected chi connectivity index (χ3v) is 5.48. The fourth-order valence-electron chi connectivity index (χ4n) is 3.94. The number of hydrogen-bond acceptors (Lipinski definition) is 7. The minimum Gasteiger partial charge on any atom is -0.383 e. The lowest BCUT2D eigenvalue weighted by Crippen LogP contribution is -2.61. The lowest BCUT2D eigenvalue weighted by Gasteiger charge is -2.43. The molecule has 2 aliphatic heterocycles. The van der Waals surface area contributed by atoms with Crippen molar-refractivity contribution in [3.05, 3.63) is 17.6 Å². The predicted octanol–water partition coefficient (Wildman–Crippen LogP) is 0.215. The van der Waals surface area contributed by atoms with Crippen LogP contribution in [0.3, 0.4) is 0 Å². The second-order valence-electron chi connectivity index (χ2n) is 7.60. The van der Waals surface area contributed by atoms with Crippen LogP contribution < -0.4 is 4.90 Å². The highest BCUT2D eigenvalue weighted by Gasteiger charge is 2.43. The summed E-state index contributed by atoms with van der Waals surface area (Å²) in [5, 5.41) is 11.0. The molecule has 1 N–H and O–H groups in total. The number of carbonyl (C=O) groups excluding carboxylic acids is 1. The number of aromatic nitrogens is 2. The van der Waals surface area contributed by atoms with Gasteiger partial charge < -0.3 is 19.6 Å². The van der Waals surface area contributed by atoms with Crippen molar-refractivity contribution in [2.24, 2.45) is 0 Å². The summed E-state index contributed by atoms with van der Waals surface area (Å²) in [7, 11) is 1.63. The second-order valence-corrected chi connectivity index (χ2v) is 7.60. The number of aliphatic hydroxyl groups is 1. The average Bonchev–Trinajstić information content (AvgIpc) is 2.66. The summed E-state index contributed by atoms with van der Waals surface area (Å²) in [4.78, 5) is 27.9. The van der Waals surface area contributed by atoms with Crippen molar-refractivity contribution in [1.29, 1.82) is 0 Å². The van der Waals surface area contributed by atoms with Gasteiger partial charge in [0.15, 0.2) is 5.60 Å². The third-order valence-electron chi connectivity index (χ3n) is 5.48. The van der Waals surface area contributed by atoms with Crippen molar-refractivity contribution in [2.45, 2.75) is 32.3 Å². The standard InChI is InChI=1S/C19H31N5O3/c1-15-13-20-16(2)17(21-15)23-9-7-22(8-10-23)14-19(26)5-4-6-24(18(19)25)11-12-27-3/h13,26H,4-12,14H2,1-3H3. The van der Waals surface area contributed by atoms with Crippen LogP contribution in [0.25, 0.3) is 0 Å². The monoisotopic (exact) mass is 377 g/mol. The Morgan fingerprint density at radius 1 is 1.22 bits per heavy atom. The Morgan fingerprint density at radius 2 is 1.96 bits per heavy atom. The van der Waals surface area contributed by atoms with Crippen LogP contribution in [0.4, 0.5) is 5.82 Å². The van der Waals surface area contributed by atoms with Crippen molar-refractivity contribution in [3.8, 4) is 0 Å². The van der Waals surface area contributed by atoms with Gasteiger partial charge in [0.1, 0.15) is 5.82 Å². The van der Waals surface area contributed by atoms with Crippen LogP contribution in [0, 0.1) is 13.8 Å². The molecular weight excluding hydrogens is 346 g/mol. The number of methoxy groups -OCH3 is 1. The first-order valence-electron chi connectivity index (χ1n) is 9.71. The van der Waals surface area contributed by atoms with Crippen LogP contribution in [0.5, 0.6) is 0 Å². The fourth-order valence-corrected chi connectivity index (χ4v) is 3.94. The lowest BCUT2D eigenvalue weighted by molar-refractivity contribution is -0.160. The van der Waals surface area contributed by atoms with Crippen LogP contribution in [0.15, 0.2) is 6.20 Å². The molecule has 8 heteroatoms. The Labute approximate surface area is 161 Å². The van der Waals surface area contributed by atoms with Crippen molar-refractivity contribution >= 4 is 11.7 Å². The van der Waals surface area contributed by atoms with E-state index in [2.05, 4.69) is 19.8 Å². The van der Waals surface area contributed by atoms with E-state index in [0.717, 1.165) is 49.8 Å². The van der Waals surface area contributed by atoms with Gasteiger partial charge in [-0.05, 0) is 26.7 Å². The molecule has 0 spiro atoms. The van der Waals surface area contributed by atoms with Gasteiger partial charge in [0.25, 0.3) is 5.91 Å². The quantitative estimate of drug-likeness (QED) is 0.759. The SMILES string of the molecule is COCCN1CCCC(O)(CN2CCN(c3nc(C)cnc3C)CC2)C1=O. The van der Waals surface area contributed by atoms with Crippen molar-refractivity contribution < 1.29 is 14.6 Å². The molecular formula is C19H31N5O3. The summed E-state index contributed by atoms with van der Waals surface area (Å²) >= 11 is 0. The highest BCUT2D eigenvalue weighted by atomic mass is 16.5. The highest BCUT2D eigenvalue weighted by Crippen LogP contribution is 2.25. The zero-order valence-corrected chi connectivity index (χ0v) is 16.6. The Morgan fingerprint density at radius 3 is 2.67 bits per heavy atom. The molecule has 0 saturated carbocycles. The Balaban J connectivity index is 1.58. The number of piperazine rings is 1. The summed E-state index contributed by atoms with van der Waals surface area (Å²) in [6.45, 7) is 9.27. The molecule has 0 aromatic carbocycles. The topological polar surface area (TPSA) is 82.0 Å². The number of nitrogens with zero attached hydrogens (tertiary/aromatic N) is 5. The normalized spacial score (nSPS) is 24.5. The molecule has 27 heavy (non-hydrogen) atoms. The van der Waals surface area contributed by atoms with Gasteiger partial charge in [0.2, 0.25) is 0 Å². The summed E-state index contributed by atoms with van der Waals surface area (Å²) < 4.78 is 5.08. The van der Waals surface area contributed by atoms with E-state index in [9.17, 15) is 9.90 Å². The Hall–Kier alpha value is -1.77. The minimum absolute atomic E-state index is 0.159. The molecule has 0 aliphatic carbocycles. The van der Waals surface area contributed by atoms with Gasteiger partial charge >= 0.3 is 0 Å². The zero-order chi connectivity index (χ0) is 19.4. The van der Waals surface area contributed by atoms with Gasteiger partial charge in [0.05, 0.1) is 18.0 Å². The van der Waals surface area contributed by atoms with E-state index >= 15 is 0 Å². The van der Waals surface area contributed by atoms with Gasteiger partial charge in [-0.25, -0.2) is 4.98 Å². The van der Waals surface area contributed by atoms with Crippen molar-refractivity contribution in [2.75, 3.05) is 64.4 Å². The maximum Gasteiger partial charge on any atom is 0.255 e. The third kappa shape index (κ3) is 4.56.